The third-order valence-corrected chi connectivity index (χ3v) is 4.57. The van der Waals surface area contributed by atoms with Gasteiger partial charge in [0.05, 0.1) is 18.7 Å². The smallest absolute Gasteiger partial charge is 0.312 e. The zero-order chi connectivity index (χ0) is 21.0. The average Bonchev–Trinajstić information content (AvgIpc) is 3.32. The number of nitrogens with two attached hydrogens (primary N) is 1. The van der Waals surface area contributed by atoms with E-state index < -0.39 is 29.8 Å². The summed E-state index contributed by atoms with van der Waals surface area (Å²) in [5.74, 6) is -1.88. The van der Waals surface area contributed by atoms with E-state index in [-0.39, 0.29) is 25.4 Å². The Morgan fingerprint density at radius 2 is 2.00 bits per heavy atom. The van der Waals surface area contributed by atoms with E-state index in [2.05, 4.69) is 5.32 Å². The fourth-order valence-electron chi connectivity index (χ4n) is 2.96. The number of anilines is 1. The SMILES string of the molecule is C[C@@H](OC(=O)[C@H]1CC(=O)N(Cc2ccco2)C1)C(=O)Nc1ccc(C(N)=O)cc1. The van der Waals surface area contributed by atoms with Crippen LogP contribution in [-0.2, 0) is 25.7 Å². The Kier molecular flexibility index (Phi) is 5.96. The summed E-state index contributed by atoms with van der Waals surface area (Å²) in [5, 5.41) is 2.59. The van der Waals surface area contributed by atoms with Crippen LogP contribution in [0.5, 0.6) is 0 Å². The number of hydrogen-bond donors (Lipinski definition) is 2. The maximum Gasteiger partial charge on any atom is 0.312 e. The predicted molar refractivity (Wildman–Crippen MR) is 101 cm³/mol. The van der Waals surface area contributed by atoms with Crippen LogP contribution in [0.15, 0.2) is 47.1 Å². The topological polar surface area (TPSA) is 132 Å². The maximum atomic E-state index is 12.4. The van der Waals surface area contributed by atoms with Crippen molar-refractivity contribution in [1.29, 1.82) is 0 Å². The van der Waals surface area contributed by atoms with Gasteiger partial charge < -0.3 is 25.1 Å². The first-order chi connectivity index (χ1) is 13.8. The first kappa shape index (κ1) is 20.1. The lowest BCUT2D eigenvalue weighted by molar-refractivity contribution is -0.157. The van der Waals surface area contributed by atoms with Crippen molar-refractivity contribution in [1.82, 2.24) is 4.90 Å². The molecule has 2 heterocycles. The number of esters is 1. The van der Waals surface area contributed by atoms with Gasteiger partial charge >= 0.3 is 5.97 Å². The molecule has 1 aromatic carbocycles. The molecule has 1 aromatic heterocycles. The first-order valence-electron chi connectivity index (χ1n) is 9.05. The number of primary amides is 1. The Bertz CT molecular complexity index is 907. The van der Waals surface area contributed by atoms with E-state index in [0.29, 0.717) is 17.0 Å². The number of carbonyl (C=O) groups excluding carboxylic acids is 4. The summed E-state index contributed by atoms with van der Waals surface area (Å²) in [6.07, 6.45) is 0.499. The molecule has 3 rings (SSSR count). The van der Waals surface area contributed by atoms with E-state index in [1.165, 1.54) is 42.4 Å². The molecule has 152 valence electrons. The molecule has 0 aliphatic carbocycles. The fourth-order valence-corrected chi connectivity index (χ4v) is 2.96. The highest BCUT2D eigenvalue weighted by Gasteiger charge is 2.36. The quantitative estimate of drug-likeness (QED) is 0.675. The van der Waals surface area contributed by atoms with E-state index in [1.54, 1.807) is 12.1 Å². The van der Waals surface area contributed by atoms with Crippen LogP contribution in [0.3, 0.4) is 0 Å². The normalized spacial score (nSPS) is 17.1. The van der Waals surface area contributed by atoms with Crippen molar-refractivity contribution in [2.45, 2.75) is 26.0 Å². The summed E-state index contributed by atoms with van der Waals surface area (Å²) in [7, 11) is 0. The Morgan fingerprint density at radius 1 is 1.28 bits per heavy atom. The molecule has 0 bridgehead atoms. The van der Waals surface area contributed by atoms with Crippen molar-refractivity contribution in [3.05, 3.63) is 54.0 Å². The van der Waals surface area contributed by atoms with Gasteiger partial charge in [0, 0.05) is 24.2 Å². The molecule has 0 unspecified atom stereocenters. The molecular weight excluding hydrogens is 378 g/mol. The Labute approximate surface area is 166 Å². The zero-order valence-corrected chi connectivity index (χ0v) is 15.8. The Morgan fingerprint density at radius 3 is 2.62 bits per heavy atom. The lowest BCUT2D eigenvalue weighted by Gasteiger charge is -2.17. The summed E-state index contributed by atoms with van der Waals surface area (Å²) < 4.78 is 10.5. The van der Waals surface area contributed by atoms with Gasteiger partial charge in [-0.15, -0.1) is 0 Å². The zero-order valence-electron chi connectivity index (χ0n) is 15.8. The molecule has 3 amide bonds. The van der Waals surface area contributed by atoms with Crippen LogP contribution in [0.25, 0.3) is 0 Å². The Hall–Kier alpha value is -3.62. The molecule has 0 spiro atoms. The second-order valence-corrected chi connectivity index (χ2v) is 6.76. The molecule has 29 heavy (non-hydrogen) atoms. The molecule has 2 atom stereocenters. The summed E-state index contributed by atoms with van der Waals surface area (Å²) in [6.45, 7) is 1.94. The summed E-state index contributed by atoms with van der Waals surface area (Å²) >= 11 is 0. The largest absolute Gasteiger partial charge is 0.467 e. The van der Waals surface area contributed by atoms with E-state index >= 15 is 0 Å². The van der Waals surface area contributed by atoms with Gasteiger partial charge in [0.1, 0.15) is 5.76 Å². The van der Waals surface area contributed by atoms with Crippen molar-refractivity contribution in [2.24, 2.45) is 11.7 Å². The fraction of sp³-hybridized carbons (Fsp3) is 0.300. The van der Waals surface area contributed by atoms with Crippen LogP contribution in [0.4, 0.5) is 5.69 Å². The third-order valence-electron chi connectivity index (χ3n) is 4.57. The van der Waals surface area contributed by atoms with Crippen molar-refractivity contribution < 1.29 is 28.3 Å². The van der Waals surface area contributed by atoms with Crippen LogP contribution >= 0.6 is 0 Å². The molecule has 0 saturated carbocycles. The minimum absolute atomic E-state index is 0.0302. The number of carbonyl (C=O) groups is 4. The minimum atomic E-state index is -1.05. The van der Waals surface area contributed by atoms with Gasteiger partial charge in [0.2, 0.25) is 11.8 Å². The molecule has 1 aliphatic rings. The standard InChI is InChI=1S/C20H21N3O6/c1-12(19(26)22-15-6-4-13(5-7-15)18(21)25)29-20(27)14-9-17(24)23(10-14)11-16-3-2-8-28-16/h2-8,12,14H,9-11H2,1H3,(H2,21,25)(H,22,26)/t12-,14+/m1/s1. The number of hydrogen-bond acceptors (Lipinski definition) is 6. The predicted octanol–water partition coefficient (Wildman–Crippen LogP) is 1.30. The second-order valence-electron chi connectivity index (χ2n) is 6.76. The summed E-state index contributed by atoms with van der Waals surface area (Å²) in [5.41, 5.74) is 5.91. The molecule has 1 fully saturated rings. The van der Waals surface area contributed by atoms with Gasteiger partial charge in [-0.3, -0.25) is 19.2 Å². The van der Waals surface area contributed by atoms with Crippen LogP contribution in [0, 0.1) is 5.92 Å². The maximum absolute atomic E-state index is 12.4. The van der Waals surface area contributed by atoms with Crippen LogP contribution in [0.1, 0.15) is 29.5 Å². The average molecular weight is 399 g/mol. The third kappa shape index (κ3) is 5.01. The Balaban J connectivity index is 1.51. The number of likely N-dealkylation sites (tertiary alicyclic amines) is 1. The van der Waals surface area contributed by atoms with Crippen molar-refractivity contribution in [2.75, 3.05) is 11.9 Å². The van der Waals surface area contributed by atoms with Crippen molar-refractivity contribution >= 4 is 29.4 Å². The molecule has 1 aliphatic heterocycles. The summed E-state index contributed by atoms with van der Waals surface area (Å²) in [4.78, 5) is 49.3. The van der Waals surface area contributed by atoms with Gasteiger partial charge in [-0.2, -0.15) is 0 Å². The van der Waals surface area contributed by atoms with E-state index in [1.807, 2.05) is 0 Å². The molecule has 1 saturated heterocycles. The highest BCUT2D eigenvalue weighted by Crippen LogP contribution is 2.22. The second kappa shape index (κ2) is 8.59. The molecule has 2 aromatic rings. The molecular formula is C20H21N3O6. The van der Waals surface area contributed by atoms with E-state index in [4.69, 9.17) is 14.9 Å². The number of benzene rings is 1. The lowest BCUT2D eigenvalue weighted by Crippen LogP contribution is -2.33. The number of nitrogens with zero attached hydrogens (tertiary/aromatic N) is 1. The first-order valence-corrected chi connectivity index (χ1v) is 9.05. The lowest BCUT2D eigenvalue weighted by atomic mass is 10.1. The highest BCUT2D eigenvalue weighted by molar-refractivity contribution is 5.97. The van der Waals surface area contributed by atoms with Crippen molar-refractivity contribution in [3.8, 4) is 0 Å². The monoisotopic (exact) mass is 399 g/mol. The van der Waals surface area contributed by atoms with E-state index in [0.717, 1.165) is 0 Å². The van der Waals surface area contributed by atoms with Gasteiger partial charge in [-0.1, -0.05) is 0 Å². The molecule has 0 radical (unpaired) electrons. The number of furan rings is 1. The van der Waals surface area contributed by atoms with Gasteiger partial charge in [0.25, 0.3) is 5.91 Å². The minimum Gasteiger partial charge on any atom is -0.467 e. The van der Waals surface area contributed by atoms with Crippen molar-refractivity contribution in [3.63, 3.8) is 0 Å². The van der Waals surface area contributed by atoms with Gasteiger partial charge in [-0.25, -0.2) is 0 Å². The van der Waals surface area contributed by atoms with Crippen LogP contribution < -0.4 is 11.1 Å². The number of rotatable bonds is 7. The highest BCUT2D eigenvalue weighted by atomic mass is 16.5. The van der Waals surface area contributed by atoms with E-state index in [9.17, 15) is 19.2 Å². The molecule has 9 heteroatoms. The van der Waals surface area contributed by atoms with Crippen LogP contribution in [-0.4, -0.2) is 41.2 Å². The number of amides is 3. The van der Waals surface area contributed by atoms with Gasteiger partial charge in [0.15, 0.2) is 6.10 Å². The van der Waals surface area contributed by atoms with Gasteiger partial charge in [-0.05, 0) is 43.3 Å². The summed E-state index contributed by atoms with van der Waals surface area (Å²) in [6, 6.07) is 9.48. The molecule has 3 N–H and O–H groups in total. The van der Waals surface area contributed by atoms with Crippen LogP contribution in [0.2, 0.25) is 0 Å². The number of nitrogens with one attached hydrogen (secondary N) is 1. The number of ether oxygens (including phenoxy) is 1. The molecule has 9 nitrogen and oxygen atoms in total.